The van der Waals surface area contributed by atoms with Crippen LogP contribution >= 0.6 is 0 Å². The molecule has 0 aromatic heterocycles. The molecule has 0 aromatic rings. The molecule has 0 spiro atoms. The molecule has 1 aliphatic heterocycles. The highest BCUT2D eigenvalue weighted by molar-refractivity contribution is 5.29. The molecule has 0 bridgehead atoms. The summed E-state index contributed by atoms with van der Waals surface area (Å²) >= 11 is 0. The normalized spacial score (nSPS) is 30.2. The summed E-state index contributed by atoms with van der Waals surface area (Å²) in [5.41, 5.74) is 13.9. The summed E-state index contributed by atoms with van der Waals surface area (Å²) in [7, 11) is 0. The van der Waals surface area contributed by atoms with Crippen LogP contribution in [0.2, 0.25) is 0 Å². The molecule has 2 rings (SSSR count). The number of nitrogens with two attached hydrogens (primary N) is 1. The highest BCUT2D eigenvalue weighted by Crippen LogP contribution is 2.22. The summed E-state index contributed by atoms with van der Waals surface area (Å²) in [4.78, 5) is 0. The first-order valence-corrected chi connectivity index (χ1v) is 3.53. The van der Waals surface area contributed by atoms with Crippen LogP contribution in [0, 0.1) is 5.92 Å². The van der Waals surface area contributed by atoms with E-state index >= 15 is 0 Å². The Bertz CT molecular complexity index is 205. The van der Waals surface area contributed by atoms with Crippen molar-refractivity contribution in [3.05, 3.63) is 23.5 Å². The van der Waals surface area contributed by atoms with E-state index in [1.54, 1.807) is 0 Å². The number of hydrogen-bond donors (Lipinski definition) is 3. The molecule has 0 amide bonds. The largest absolute Gasteiger partial charge is 0.397 e. The average Bonchev–Trinajstić information content (AvgIpc) is 2.36. The fraction of sp³-hybridized carbons (Fsp3) is 0.429. The summed E-state index contributed by atoms with van der Waals surface area (Å²) in [5.74, 6) is 0.588. The minimum absolute atomic E-state index is 0.588. The van der Waals surface area contributed by atoms with Gasteiger partial charge in [0.2, 0.25) is 0 Å². The van der Waals surface area contributed by atoms with Gasteiger partial charge in [0.05, 0.1) is 11.4 Å². The molecule has 1 atom stereocenters. The lowest BCUT2D eigenvalue weighted by Gasteiger charge is -2.13. The van der Waals surface area contributed by atoms with Crippen LogP contribution in [0.25, 0.3) is 0 Å². The lowest BCUT2D eigenvalue weighted by Crippen LogP contribution is -2.22. The lowest BCUT2D eigenvalue weighted by molar-refractivity contribution is 0.648. The van der Waals surface area contributed by atoms with Gasteiger partial charge in [0, 0.05) is 12.5 Å². The zero-order valence-electron chi connectivity index (χ0n) is 5.72. The zero-order chi connectivity index (χ0) is 6.97. The van der Waals surface area contributed by atoms with Gasteiger partial charge in [0.25, 0.3) is 0 Å². The third kappa shape index (κ3) is 0.708. The molecule has 0 aromatic carbocycles. The van der Waals surface area contributed by atoms with Crippen LogP contribution in [0.4, 0.5) is 0 Å². The minimum atomic E-state index is 0.588. The van der Waals surface area contributed by atoms with Gasteiger partial charge in [-0.1, -0.05) is 6.08 Å². The molecule has 3 heteroatoms. The van der Waals surface area contributed by atoms with Gasteiger partial charge in [0.1, 0.15) is 0 Å². The Labute approximate surface area is 59.9 Å². The van der Waals surface area contributed by atoms with Crippen molar-refractivity contribution in [3.63, 3.8) is 0 Å². The Balaban J connectivity index is 2.32. The SMILES string of the molecule is NC1=C2NNCC2CC=C1. The van der Waals surface area contributed by atoms with Gasteiger partial charge in [-0.3, -0.25) is 0 Å². The fourth-order valence-electron chi connectivity index (χ4n) is 1.43. The van der Waals surface area contributed by atoms with E-state index in [-0.39, 0.29) is 0 Å². The molecule has 10 heavy (non-hydrogen) atoms. The Hall–Kier alpha value is -0.960. The van der Waals surface area contributed by atoms with Crippen LogP contribution in [0.15, 0.2) is 23.5 Å². The van der Waals surface area contributed by atoms with Crippen molar-refractivity contribution in [2.75, 3.05) is 6.54 Å². The van der Waals surface area contributed by atoms with Crippen LogP contribution in [-0.4, -0.2) is 6.54 Å². The third-order valence-electron chi connectivity index (χ3n) is 2.01. The molecular formula is C7H11N3. The monoisotopic (exact) mass is 137 g/mol. The van der Waals surface area contributed by atoms with Gasteiger partial charge in [-0.25, -0.2) is 5.43 Å². The average molecular weight is 137 g/mol. The predicted molar refractivity (Wildman–Crippen MR) is 39.6 cm³/mol. The molecule has 54 valence electrons. The van der Waals surface area contributed by atoms with Crippen LogP contribution in [0.5, 0.6) is 0 Å². The molecule has 1 fully saturated rings. The number of allylic oxidation sites excluding steroid dienone is 2. The van der Waals surface area contributed by atoms with E-state index in [1.807, 2.05) is 6.08 Å². The van der Waals surface area contributed by atoms with Crippen LogP contribution in [0.1, 0.15) is 6.42 Å². The molecule has 0 radical (unpaired) electrons. The molecule has 1 unspecified atom stereocenters. The zero-order valence-corrected chi connectivity index (χ0v) is 5.72. The van der Waals surface area contributed by atoms with E-state index in [9.17, 15) is 0 Å². The van der Waals surface area contributed by atoms with E-state index in [2.05, 4.69) is 16.9 Å². The molecule has 1 aliphatic carbocycles. The quantitative estimate of drug-likeness (QED) is 0.435. The second-order valence-electron chi connectivity index (χ2n) is 2.71. The third-order valence-corrected chi connectivity index (χ3v) is 2.01. The van der Waals surface area contributed by atoms with E-state index in [1.165, 1.54) is 5.70 Å². The lowest BCUT2D eigenvalue weighted by atomic mass is 9.97. The first kappa shape index (κ1) is 5.80. The smallest absolute Gasteiger partial charge is 0.0538 e. The molecule has 1 heterocycles. The maximum absolute atomic E-state index is 5.71. The van der Waals surface area contributed by atoms with Gasteiger partial charge in [-0.15, -0.1) is 0 Å². The van der Waals surface area contributed by atoms with E-state index in [4.69, 9.17) is 5.73 Å². The van der Waals surface area contributed by atoms with Crippen LogP contribution in [-0.2, 0) is 0 Å². The minimum Gasteiger partial charge on any atom is -0.397 e. The molecule has 3 nitrogen and oxygen atoms in total. The second-order valence-corrected chi connectivity index (χ2v) is 2.71. The molecule has 2 aliphatic rings. The first-order chi connectivity index (χ1) is 4.88. The van der Waals surface area contributed by atoms with Crippen molar-refractivity contribution < 1.29 is 0 Å². The van der Waals surface area contributed by atoms with Gasteiger partial charge >= 0.3 is 0 Å². The van der Waals surface area contributed by atoms with Crippen molar-refractivity contribution in [1.29, 1.82) is 0 Å². The first-order valence-electron chi connectivity index (χ1n) is 3.53. The predicted octanol–water partition coefficient (Wildman–Crippen LogP) is -0.159. The molecular weight excluding hydrogens is 126 g/mol. The molecule has 4 N–H and O–H groups in total. The number of hydrazine groups is 1. The maximum atomic E-state index is 5.71. The van der Waals surface area contributed by atoms with E-state index in [0.717, 1.165) is 18.7 Å². The summed E-state index contributed by atoms with van der Waals surface area (Å²) in [6.45, 7) is 1.00. The Morgan fingerprint density at radius 3 is 3.30 bits per heavy atom. The van der Waals surface area contributed by atoms with Crippen molar-refractivity contribution in [2.24, 2.45) is 11.7 Å². The topological polar surface area (TPSA) is 50.1 Å². The Kier molecular flexibility index (Phi) is 1.17. The second kappa shape index (κ2) is 2.02. The summed E-state index contributed by atoms with van der Waals surface area (Å²) in [6, 6.07) is 0. The van der Waals surface area contributed by atoms with Crippen molar-refractivity contribution in [2.45, 2.75) is 6.42 Å². The van der Waals surface area contributed by atoms with Crippen LogP contribution < -0.4 is 16.6 Å². The highest BCUT2D eigenvalue weighted by Gasteiger charge is 2.22. The van der Waals surface area contributed by atoms with Gasteiger partial charge in [-0.2, -0.15) is 0 Å². The number of rotatable bonds is 0. The maximum Gasteiger partial charge on any atom is 0.0538 e. The number of hydrogen-bond acceptors (Lipinski definition) is 3. The summed E-state index contributed by atoms with van der Waals surface area (Å²) in [6.07, 6.45) is 5.19. The van der Waals surface area contributed by atoms with Gasteiger partial charge < -0.3 is 11.2 Å². The standard InChI is InChI=1S/C7H11N3/c8-6-3-1-2-5-4-9-10-7(5)6/h1,3,5,9-10H,2,4,8H2. The highest BCUT2D eigenvalue weighted by atomic mass is 15.4. The number of nitrogens with one attached hydrogen (secondary N) is 2. The van der Waals surface area contributed by atoms with Crippen molar-refractivity contribution in [3.8, 4) is 0 Å². The fourth-order valence-corrected chi connectivity index (χ4v) is 1.43. The van der Waals surface area contributed by atoms with Crippen molar-refractivity contribution >= 4 is 0 Å². The van der Waals surface area contributed by atoms with E-state index in [0.29, 0.717) is 5.92 Å². The molecule has 1 saturated heterocycles. The van der Waals surface area contributed by atoms with Crippen molar-refractivity contribution in [1.82, 2.24) is 10.9 Å². The Morgan fingerprint density at radius 1 is 1.60 bits per heavy atom. The molecule has 0 saturated carbocycles. The van der Waals surface area contributed by atoms with Gasteiger partial charge in [0.15, 0.2) is 0 Å². The van der Waals surface area contributed by atoms with Crippen LogP contribution in [0.3, 0.4) is 0 Å². The summed E-state index contributed by atoms with van der Waals surface area (Å²) in [5, 5.41) is 0. The summed E-state index contributed by atoms with van der Waals surface area (Å²) < 4.78 is 0. The van der Waals surface area contributed by atoms with E-state index < -0.39 is 0 Å². The number of fused-ring (bicyclic) bond motifs is 1. The Morgan fingerprint density at radius 2 is 2.50 bits per heavy atom. The van der Waals surface area contributed by atoms with Gasteiger partial charge in [-0.05, 0) is 12.5 Å².